The van der Waals surface area contributed by atoms with Crippen molar-refractivity contribution in [1.29, 1.82) is 0 Å². The third-order valence-corrected chi connectivity index (χ3v) is 4.33. The largest absolute Gasteiger partial charge is 0.438 e. The van der Waals surface area contributed by atoms with E-state index in [0.717, 1.165) is 31.5 Å². The SMILES string of the molecule is CC(C)(C)N1CCC2(CC1)OC(=O)Nc1ncccc12. The third-order valence-electron chi connectivity index (χ3n) is 4.33. The first-order chi connectivity index (χ1) is 9.41. The molecule has 5 nitrogen and oxygen atoms in total. The normalized spacial score (nSPS) is 22.1. The summed E-state index contributed by atoms with van der Waals surface area (Å²) in [5.41, 5.74) is 0.650. The Morgan fingerprint density at radius 3 is 2.70 bits per heavy atom. The highest BCUT2D eigenvalue weighted by Gasteiger charge is 2.46. The molecule has 0 bridgehead atoms. The van der Waals surface area contributed by atoms with Gasteiger partial charge in [-0.05, 0) is 32.9 Å². The van der Waals surface area contributed by atoms with Gasteiger partial charge in [0.15, 0.2) is 0 Å². The van der Waals surface area contributed by atoms with Crippen LogP contribution in [0.25, 0.3) is 0 Å². The maximum atomic E-state index is 11.8. The van der Waals surface area contributed by atoms with Gasteiger partial charge in [0.05, 0.1) is 0 Å². The van der Waals surface area contributed by atoms with E-state index in [1.165, 1.54) is 0 Å². The van der Waals surface area contributed by atoms with Gasteiger partial charge in [-0.3, -0.25) is 10.2 Å². The minimum atomic E-state index is -0.506. The molecular weight excluding hydrogens is 254 g/mol. The van der Waals surface area contributed by atoms with Crippen molar-refractivity contribution in [2.24, 2.45) is 0 Å². The van der Waals surface area contributed by atoms with Crippen molar-refractivity contribution < 1.29 is 9.53 Å². The number of carbonyl (C=O) groups is 1. The van der Waals surface area contributed by atoms with Gasteiger partial charge in [-0.1, -0.05) is 0 Å². The highest BCUT2D eigenvalue weighted by molar-refractivity contribution is 5.87. The molecule has 1 aromatic rings. The number of likely N-dealkylation sites (tertiary alicyclic amines) is 1. The Labute approximate surface area is 119 Å². The fourth-order valence-electron chi connectivity index (χ4n) is 3.14. The number of fused-ring (bicyclic) bond motifs is 2. The zero-order valence-corrected chi connectivity index (χ0v) is 12.3. The van der Waals surface area contributed by atoms with Crippen LogP contribution < -0.4 is 5.32 Å². The van der Waals surface area contributed by atoms with Crippen LogP contribution in [0.4, 0.5) is 10.6 Å². The van der Waals surface area contributed by atoms with Gasteiger partial charge < -0.3 is 4.74 Å². The van der Waals surface area contributed by atoms with E-state index in [2.05, 4.69) is 36.0 Å². The van der Waals surface area contributed by atoms with Gasteiger partial charge in [-0.25, -0.2) is 9.78 Å². The number of nitrogens with zero attached hydrogens (tertiary/aromatic N) is 2. The standard InChI is InChI=1S/C15H21N3O2/c1-14(2,3)18-9-6-15(7-10-18)11-5-4-8-16-12(11)17-13(19)20-15/h4-5,8H,6-7,9-10H2,1-3H3,(H,16,17,19). The van der Waals surface area contributed by atoms with Gasteiger partial charge in [0.1, 0.15) is 11.4 Å². The Morgan fingerprint density at radius 2 is 2.05 bits per heavy atom. The van der Waals surface area contributed by atoms with Crippen LogP contribution in [-0.4, -0.2) is 34.6 Å². The predicted molar refractivity (Wildman–Crippen MR) is 76.6 cm³/mol. The van der Waals surface area contributed by atoms with Gasteiger partial charge in [-0.2, -0.15) is 0 Å². The molecule has 0 radical (unpaired) electrons. The lowest BCUT2D eigenvalue weighted by molar-refractivity contribution is -0.0546. The Hall–Kier alpha value is -1.62. The predicted octanol–water partition coefficient (Wildman–Crippen LogP) is 2.73. The maximum Gasteiger partial charge on any atom is 0.413 e. The Balaban J connectivity index is 1.89. The van der Waals surface area contributed by atoms with Crippen molar-refractivity contribution >= 4 is 11.9 Å². The molecular formula is C15H21N3O2. The number of aromatic nitrogens is 1. The van der Waals surface area contributed by atoms with E-state index in [1.54, 1.807) is 6.20 Å². The smallest absolute Gasteiger partial charge is 0.413 e. The number of ether oxygens (including phenoxy) is 1. The first kappa shape index (κ1) is 13.4. The molecule has 1 amide bonds. The Morgan fingerprint density at radius 1 is 1.35 bits per heavy atom. The molecule has 2 aliphatic heterocycles. The number of anilines is 1. The van der Waals surface area contributed by atoms with E-state index < -0.39 is 5.60 Å². The molecule has 2 aliphatic rings. The monoisotopic (exact) mass is 275 g/mol. The van der Waals surface area contributed by atoms with E-state index in [0.29, 0.717) is 5.82 Å². The van der Waals surface area contributed by atoms with Crippen molar-refractivity contribution in [1.82, 2.24) is 9.88 Å². The van der Waals surface area contributed by atoms with E-state index in [1.807, 2.05) is 12.1 Å². The summed E-state index contributed by atoms with van der Waals surface area (Å²) in [6.45, 7) is 8.50. The Kier molecular flexibility index (Phi) is 2.97. The summed E-state index contributed by atoms with van der Waals surface area (Å²) in [7, 11) is 0. The number of hydrogen-bond donors (Lipinski definition) is 1. The molecule has 1 aromatic heterocycles. The van der Waals surface area contributed by atoms with E-state index in [-0.39, 0.29) is 11.6 Å². The van der Waals surface area contributed by atoms with E-state index in [9.17, 15) is 4.79 Å². The number of amides is 1. The highest BCUT2D eigenvalue weighted by Crippen LogP contribution is 2.43. The van der Waals surface area contributed by atoms with Gasteiger partial charge in [0.2, 0.25) is 0 Å². The van der Waals surface area contributed by atoms with Gasteiger partial charge in [-0.15, -0.1) is 0 Å². The number of nitrogens with one attached hydrogen (secondary N) is 1. The zero-order chi connectivity index (χ0) is 14.4. The van der Waals surface area contributed by atoms with Crippen molar-refractivity contribution in [2.75, 3.05) is 18.4 Å². The molecule has 1 N–H and O–H groups in total. The molecule has 1 spiro atoms. The summed E-state index contributed by atoms with van der Waals surface area (Å²) in [6.07, 6.45) is 2.94. The maximum absolute atomic E-state index is 11.8. The molecule has 1 fully saturated rings. The van der Waals surface area contributed by atoms with Crippen LogP contribution in [0, 0.1) is 0 Å². The molecule has 20 heavy (non-hydrogen) atoms. The second kappa shape index (κ2) is 4.45. The molecule has 0 aliphatic carbocycles. The first-order valence-corrected chi connectivity index (χ1v) is 7.11. The first-order valence-electron chi connectivity index (χ1n) is 7.11. The molecule has 3 rings (SSSR count). The fraction of sp³-hybridized carbons (Fsp3) is 0.600. The average molecular weight is 275 g/mol. The second-order valence-corrected chi connectivity index (χ2v) is 6.57. The molecule has 0 saturated carbocycles. The minimum absolute atomic E-state index is 0.149. The van der Waals surface area contributed by atoms with Crippen molar-refractivity contribution in [3.05, 3.63) is 23.9 Å². The average Bonchev–Trinajstić information content (AvgIpc) is 2.38. The van der Waals surface area contributed by atoms with E-state index >= 15 is 0 Å². The number of hydrogen-bond acceptors (Lipinski definition) is 4. The van der Waals surface area contributed by atoms with Crippen LogP contribution in [-0.2, 0) is 10.3 Å². The number of carbonyl (C=O) groups excluding carboxylic acids is 1. The van der Waals surface area contributed by atoms with Crippen LogP contribution in [0.3, 0.4) is 0 Å². The Bertz CT molecular complexity index is 528. The summed E-state index contributed by atoms with van der Waals surface area (Å²) in [6, 6.07) is 3.91. The lowest BCUT2D eigenvalue weighted by Gasteiger charge is -2.47. The summed E-state index contributed by atoms with van der Waals surface area (Å²) in [4.78, 5) is 18.5. The van der Waals surface area contributed by atoms with Crippen LogP contribution in [0.15, 0.2) is 18.3 Å². The van der Waals surface area contributed by atoms with Crippen molar-refractivity contribution in [2.45, 2.75) is 44.8 Å². The van der Waals surface area contributed by atoms with Gasteiger partial charge in [0, 0.05) is 43.2 Å². The molecule has 0 unspecified atom stereocenters. The molecule has 3 heterocycles. The molecule has 0 atom stereocenters. The molecule has 5 heteroatoms. The van der Waals surface area contributed by atoms with Crippen LogP contribution in [0.2, 0.25) is 0 Å². The van der Waals surface area contributed by atoms with Crippen LogP contribution >= 0.6 is 0 Å². The third kappa shape index (κ3) is 2.16. The topological polar surface area (TPSA) is 54.5 Å². The second-order valence-electron chi connectivity index (χ2n) is 6.57. The van der Waals surface area contributed by atoms with Crippen LogP contribution in [0.5, 0.6) is 0 Å². The fourth-order valence-corrected chi connectivity index (χ4v) is 3.14. The zero-order valence-electron chi connectivity index (χ0n) is 12.3. The van der Waals surface area contributed by atoms with Gasteiger partial charge >= 0.3 is 6.09 Å². The molecule has 0 aromatic carbocycles. The molecule has 1 saturated heterocycles. The molecule has 108 valence electrons. The highest BCUT2D eigenvalue weighted by atomic mass is 16.6. The summed E-state index contributed by atoms with van der Waals surface area (Å²) < 4.78 is 5.69. The lowest BCUT2D eigenvalue weighted by atomic mass is 9.82. The van der Waals surface area contributed by atoms with Crippen molar-refractivity contribution in [3.8, 4) is 0 Å². The van der Waals surface area contributed by atoms with Gasteiger partial charge in [0.25, 0.3) is 0 Å². The lowest BCUT2D eigenvalue weighted by Crippen LogP contribution is -2.53. The summed E-state index contributed by atoms with van der Waals surface area (Å²) in [5, 5.41) is 2.69. The quantitative estimate of drug-likeness (QED) is 0.791. The van der Waals surface area contributed by atoms with E-state index in [4.69, 9.17) is 4.74 Å². The number of pyridine rings is 1. The van der Waals surface area contributed by atoms with Crippen molar-refractivity contribution in [3.63, 3.8) is 0 Å². The summed E-state index contributed by atoms with van der Waals surface area (Å²) >= 11 is 0. The van der Waals surface area contributed by atoms with Crippen LogP contribution in [0.1, 0.15) is 39.2 Å². The number of rotatable bonds is 0. The summed E-state index contributed by atoms with van der Waals surface area (Å²) in [5.74, 6) is 0.646. The minimum Gasteiger partial charge on any atom is -0.438 e. The number of piperidine rings is 1.